The number of nitrogens with zero attached hydrogens (tertiary/aromatic N) is 1. The van der Waals surface area contributed by atoms with Crippen LogP contribution in [0.2, 0.25) is 0 Å². The van der Waals surface area contributed by atoms with E-state index in [1.165, 1.54) is 25.4 Å². The second-order valence-electron chi connectivity index (χ2n) is 5.02. The van der Waals surface area contributed by atoms with Gasteiger partial charge in [-0.15, -0.1) is 0 Å². The lowest BCUT2D eigenvalue weighted by Gasteiger charge is -2.11. The fourth-order valence-electron chi connectivity index (χ4n) is 2.39. The number of ether oxygens (including phenoxy) is 1. The van der Waals surface area contributed by atoms with Gasteiger partial charge in [0.25, 0.3) is 0 Å². The number of nitrogens with two attached hydrogens (primary N) is 1. The Hall–Kier alpha value is -3.08. The Balaban J connectivity index is 2.14. The first-order valence-electron chi connectivity index (χ1n) is 6.98. The second-order valence-corrected chi connectivity index (χ2v) is 5.02. The Kier molecular flexibility index (Phi) is 3.85. The molecule has 3 N–H and O–H groups in total. The summed E-state index contributed by atoms with van der Waals surface area (Å²) in [7, 11) is 1.47. The summed E-state index contributed by atoms with van der Waals surface area (Å²) >= 11 is 0. The predicted octanol–water partition coefficient (Wildman–Crippen LogP) is 3.85. The zero-order valence-electron chi connectivity index (χ0n) is 12.5. The van der Waals surface area contributed by atoms with Gasteiger partial charge in [-0.3, -0.25) is 0 Å². The predicted molar refractivity (Wildman–Crippen MR) is 87.7 cm³/mol. The summed E-state index contributed by atoms with van der Waals surface area (Å²) < 4.78 is 19.1. The minimum atomic E-state index is -0.326. The van der Waals surface area contributed by atoms with Gasteiger partial charge >= 0.3 is 0 Å². The zero-order valence-corrected chi connectivity index (χ0v) is 12.5. The second kappa shape index (κ2) is 5.96. The summed E-state index contributed by atoms with van der Waals surface area (Å²) in [4.78, 5) is 4.16. The van der Waals surface area contributed by atoms with E-state index < -0.39 is 0 Å². The molecule has 0 radical (unpaired) electrons. The van der Waals surface area contributed by atoms with Gasteiger partial charge in [0.15, 0.2) is 11.5 Å². The first kappa shape index (κ1) is 14.8. The molecule has 0 unspecified atom stereocenters. The number of methoxy groups -OCH3 is 1. The van der Waals surface area contributed by atoms with Crippen LogP contribution < -0.4 is 10.5 Å². The zero-order chi connectivity index (χ0) is 16.4. The third kappa shape index (κ3) is 2.81. The van der Waals surface area contributed by atoms with E-state index in [0.29, 0.717) is 28.3 Å². The number of aromatic nitrogens is 1. The van der Waals surface area contributed by atoms with Gasteiger partial charge in [-0.2, -0.15) is 0 Å². The van der Waals surface area contributed by atoms with Crippen LogP contribution in [0.1, 0.15) is 0 Å². The number of phenols is 1. The van der Waals surface area contributed by atoms with E-state index in [0.717, 1.165) is 5.56 Å². The standard InChI is InChI=1S/C18H15FN2O2/c1-23-17-9-11(6-7-16(17)22)14-8-12(10-21-18(14)20)13-4-2-3-5-15(13)19/h2-10,22H,1H3,(H2,20,21). The molecule has 0 fully saturated rings. The van der Waals surface area contributed by atoms with Crippen LogP contribution in [0.3, 0.4) is 0 Å². The molecule has 3 aromatic rings. The maximum absolute atomic E-state index is 14.0. The van der Waals surface area contributed by atoms with Crippen LogP contribution in [0.5, 0.6) is 11.5 Å². The molecule has 0 saturated carbocycles. The van der Waals surface area contributed by atoms with Crippen LogP contribution >= 0.6 is 0 Å². The summed E-state index contributed by atoms with van der Waals surface area (Å²) in [5.74, 6) is 0.359. The smallest absolute Gasteiger partial charge is 0.161 e. The van der Waals surface area contributed by atoms with Crippen molar-refractivity contribution in [1.82, 2.24) is 4.98 Å². The molecule has 2 aromatic carbocycles. The number of nitrogen functional groups attached to an aromatic ring is 1. The fourth-order valence-corrected chi connectivity index (χ4v) is 2.39. The Morgan fingerprint density at radius 3 is 2.57 bits per heavy atom. The lowest BCUT2D eigenvalue weighted by Crippen LogP contribution is -1.96. The Labute approximate surface area is 133 Å². The van der Waals surface area contributed by atoms with Crippen molar-refractivity contribution in [3.63, 3.8) is 0 Å². The molecule has 0 aliphatic rings. The van der Waals surface area contributed by atoms with Gasteiger partial charge in [-0.25, -0.2) is 9.37 Å². The topological polar surface area (TPSA) is 68.4 Å². The molecule has 0 saturated heterocycles. The molecule has 0 spiro atoms. The fraction of sp³-hybridized carbons (Fsp3) is 0.0556. The van der Waals surface area contributed by atoms with Crippen molar-refractivity contribution in [2.75, 3.05) is 12.8 Å². The minimum Gasteiger partial charge on any atom is -0.504 e. The quantitative estimate of drug-likeness (QED) is 0.771. The van der Waals surface area contributed by atoms with E-state index >= 15 is 0 Å². The van der Waals surface area contributed by atoms with Gasteiger partial charge in [0.1, 0.15) is 11.6 Å². The molecule has 1 heterocycles. The van der Waals surface area contributed by atoms with Crippen LogP contribution in [-0.2, 0) is 0 Å². The number of rotatable bonds is 3. The molecule has 0 bridgehead atoms. The molecule has 0 aliphatic carbocycles. The average Bonchev–Trinajstić information content (AvgIpc) is 2.57. The van der Waals surface area contributed by atoms with Crippen LogP contribution in [-0.4, -0.2) is 17.2 Å². The largest absolute Gasteiger partial charge is 0.504 e. The van der Waals surface area contributed by atoms with Gasteiger partial charge in [0.05, 0.1) is 7.11 Å². The van der Waals surface area contributed by atoms with E-state index in [9.17, 15) is 9.50 Å². The number of benzene rings is 2. The lowest BCUT2D eigenvalue weighted by atomic mass is 10.0. The molecule has 0 atom stereocenters. The first-order valence-corrected chi connectivity index (χ1v) is 6.98. The van der Waals surface area contributed by atoms with Crippen molar-refractivity contribution in [3.8, 4) is 33.8 Å². The molecular weight excluding hydrogens is 295 g/mol. The van der Waals surface area contributed by atoms with Crippen LogP contribution in [0, 0.1) is 5.82 Å². The molecule has 5 heteroatoms. The van der Waals surface area contributed by atoms with Crippen molar-refractivity contribution < 1.29 is 14.2 Å². The van der Waals surface area contributed by atoms with Crippen molar-refractivity contribution in [2.24, 2.45) is 0 Å². The molecular formula is C18H15FN2O2. The number of pyridine rings is 1. The van der Waals surface area contributed by atoms with Gasteiger partial charge < -0.3 is 15.6 Å². The summed E-state index contributed by atoms with van der Waals surface area (Å²) in [5, 5.41) is 9.70. The third-order valence-corrected chi connectivity index (χ3v) is 3.59. The molecule has 116 valence electrons. The highest BCUT2D eigenvalue weighted by Crippen LogP contribution is 2.35. The van der Waals surface area contributed by atoms with E-state index in [-0.39, 0.29) is 11.6 Å². The van der Waals surface area contributed by atoms with E-state index in [4.69, 9.17) is 10.5 Å². The number of anilines is 1. The van der Waals surface area contributed by atoms with Gasteiger partial charge in [0.2, 0.25) is 0 Å². The van der Waals surface area contributed by atoms with Crippen molar-refractivity contribution in [3.05, 3.63) is 60.5 Å². The normalized spacial score (nSPS) is 10.5. The maximum Gasteiger partial charge on any atom is 0.161 e. The highest BCUT2D eigenvalue weighted by molar-refractivity contribution is 5.80. The molecule has 0 aliphatic heterocycles. The van der Waals surface area contributed by atoms with Gasteiger partial charge in [-0.1, -0.05) is 24.3 Å². The summed E-state index contributed by atoms with van der Waals surface area (Å²) in [6.45, 7) is 0. The Bertz CT molecular complexity index is 865. The highest BCUT2D eigenvalue weighted by atomic mass is 19.1. The number of hydrogen-bond donors (Lipinski definition) is 2. The summed E-state index contributed by atoms with van der Waals surface area (Å²) in [6.07, 6.45) is 1.54. The van der Waals surface area contributed by atoms with Gasteiger partial charge in [0, 0.05) is 22.9 Å². The van der Waals surface area contributed by atoms with Crippen LogP contribution in [0.25, 0.3) is 22.3 Å². The molecule has 23 heavy (non-hydrogen) atoms. The monoisotopic (exact) mass is 310 g/mol. The van der Waals surface area contributed by atoms with Crippen molar-refractivity contribution in [1.29, 1.82) is 0 Å². The highest BCUT2D eigenvalue weighted by Gasteiger charge is 2.11. The average molecular weight is 310 g/mol. The summed E-state index contributed by atoms with van der Waals surface area (Å²) in [6, 6.07) is 13.1. The van der Waals surface area contributed by atoms with Crippen molar-refractivity contribution in [2.45, 2.75) is 0 Å². The van der Waals surface area contributed by atoms with E-state index in [2.05, 4.69) is 4.98 Å². The van der Waals surface area contributed by atoms with E-state index in [1.54, 1.807) is 36.4 Å². The Morgan fingerprint density at radius 2 is 1.83 bits per heavy atom. The third-order valence-electron chi connectivity index (χ3n) is 3.59. The van der Waals surface area contributed by atoms with Crippen LogP contribution in [0.15, 0.2) is 54.7 Å². The molecule has 3 rings (SSSR count). The molecule has 1 aromatic heterocycles. The number of halogens is 1. The van der Waals surface area contributed by atoms with Crippen molar-refractivity contribution >= 4 is 5.82 Å². The SMILES string of the molecule is COc1cc(-c2cc(-c3ccccc3F)cnc2N)ccc1O. The first-order chi connectivity index (χ1) is 11.1. The number of aromatic hydroxyl groups is 1. The summed E-state index contributed by atoms with van der Waals surface area (Å²) in [5.41, 5.74) is 8.40. The molecule has 4 nitrogen and oxygen atoms in total. The number of hydrogen-bond acceptors (Lipinski definition) is 4. The van der Waals surface area contributed by atoms with Gasteiger partial charge in [-0.05, 0) is 29.8 Å². The maximum atomic E-state index is 14.0. The van der Waals surface area contributed by atoms with E-state index in [1.807, 2.05) is 0 Å². The van der Waals surface area contributed by atoms with Crippen LogP contribution in [0.4, 0.5) is 10.2 Å². The lowest BCUT2D eigenvalue weighted by molar-refractivity contribution is 0.373. The Morgan fingerprint density at radius 1 is 1.04 bits per heavy atom. The molecule has 0 amide bonds. The minimum absolute atomic E-state index is 0.0352. The number of phenolic OH excluding ortho intramolecular Hbond substituents is 1.